The van der Waals surface area contributed by atoms with Gasteiger partial charge in [-0.3, -0.25) is 4.79 Å². The number of methoxy groups -OCH3 is 1. The summed E-state index contributed by atoms with van der Waals surface area (Å²) in [6.45, 7) is 6.46. The van der Waals surface area contributed by atoms with Crippen molar-refractivity contribution in [2.75, 3.05) is 27.4 Å². The fourth-order valence-electron chi connectivity index (χ4n) is 2.02. The van der Waals surface area contributed by atoms with Crippen molar-refractivity contribution in [2.24, 2.45) is 0 Å². The van der Waals surface area contributed by atoms with Gasteiger partial charge in [-0.15, -0.1) is 0 Å². The lowest BCUT2D eigenvalue weighted by Crippen LogP contribution is -2.38. The van der Waals surface area contributed by atoms with E-state index in [1.54, 1.807) is 7.11 Å². The topological polar surface area (TPSA) is 59.6 Å². The number of aryl methyl sites for hydroxylation is 1. The van der Waals surface area contributed by atoms with Crippen LogP contribution in [0, 0.1) is 6.92 Å². The smallest absolute Gasteiger partial charge is 0.258 e. The van der Waals surface area contributed by atoms with Gasteiger partial charge >= 0.3 is 0 Å². The molecule has 0 heterocycles. The van der Waals surface area contributed by atoms with E-state index in [0.29, 0.717) is 6.61 Å². The molecule has 0 radical (unpaired) electrons. The minimum Gasteiger partial charge on any atom is -0.484 e. The summed E-state index contributed by atoms with van der Waals surface area (Å²) in [5, 5.41) is 6.01. The molecule has 2 unspecified atom stereocenters. The second kappa shape index (κ2) is 8.64. The molecule has 1 amide bonds. The monoisotopic (exact) mass is 294 g/mol. The first-order valence-corrected chi connectivity index (χ1v) is 7.16. The molecule has 0 aliphatic rings. The molecule has 0 saturated carbocycles. The third kappa shape index (κ3) is 5.73. The quantitative estimate of drug-likeness (QED) is 0.767. The third-order valence-electron chi connectivity index (χ3n) is 3.31. The molecule has 21 heavy (non-hydrogen) atoms. The van der Waals surface area contributed by atoms with Gasteiger partial charge in [-0.25, -0.2) is 0 Å². The standard InChI is InChI=1S/C16H26N2O3/c1-11-8-14(13(3)17-4)6-7-15(11)21-10-16(19)18-12(2)9-20-5/h6-8,12-13,17H,9-10H2,1-5H3,(H,18,19). The summed E-state index contributed by atoms with van der Waals surface area (Å²) in [4.78, 5) is 11.7. The van der Waals surface area contributed by atoms with Crippen LogP contribution < -0.4 is 15.4 Å². The van der Waals surface area contributed by atoms with Gasteiger partial charge in [0.2, 0.25) is 0 Å². The minimum atomic E-state index is -0.147. The molecule has 5 nitrogen and oxygen atoms in total. The second-order valence-corrected chi connectivity index (χ2v) is 5.25. The highest BCUT2D eigenvalue weighted by molar-refractivity contribution is 5.77. The van der Waals surface area contributed by atoms with Crippen molar-refractivity contribution < 1.29 is 14.3 Å². The average Bonchev–Trinajstić information content (AvgIpc) is 2.45. The van der Waals surface area contributed by atoms with Crippen LogP contribution in [0.25, 0.3) is 0 Å². The fraction of sp³-hybridized carbons (Fsp3) is 0.562. The van der Waals surface area contributed by atoms with E-state index < -0.39 is 0 Å². The van der Waals surface area contributed by atoms with E-state index in [2.05, 4.69) is 23.6 Å². The summed E-state index contributed by atoms with van der Waals surface area (Å²) in [5.41, 5.74) is 2.22. The second-order valence-electron chi connectivity index (χ2n) is 5.25. The van der Waals surface area contributed by atoms with Gasteiger partial charge in [0.05, 0.1) is 6.61 Å². The van der Waals surface area contributed by atoms with Crippen molar-refractivity contribution in [1.29, 1.82) is 0 Å². The van der Waals surface area contributed by atoms with Crippen LogP contribution in [0.2, 0.25) is 0 Å². The first-order valence-electron chi connectivity index (χ1n) is 7.16. The molecule has 0 fully saturated rings. The van der Waals surface area contributed by atoms with Crippen molar-refractivity contribution >= 4 is 5.91 Å². The molecular formula is C16H26N2O3. The molecular weight excluding hydrogens is 268 g/mol. The van der Waals surface area contributed by atoms with Crippen LogP contribution in [-0.2, 0) is 9.53 Å². The number of amides is 1. The molecule has 118 valence electrons. The highest BCUT2D eigenvalue weighted by atomic mass is 16.5. The van der Waals surface area contributed by atoms with Crippen LogP contribution in [0.1, 0.15) is 31.0 Å². The molecule has 0 aliphatic heterocycles. The first-order chi connectivity index (χ1) is 9.97. The molecule has 0 bridgehead atoms. The van der Waals surface area contributed by atoms with Crippen molar-refractivity contribution in [1.82, 2.24) is 10.6 Å². The van der Waals surface area contributed by atoms with Gasteiger partial charge in [-0.2, -0.15) is 0 Å². The Morgan fingerprint density at radius 2 is 2.05 bits per heavy atom. The van der Waals surface area contributed by atoms with E-state index in [4.69, 9.17) is 9.47 Å². The Morgan fingerprint density at radius 3 is 2.62 bits per heavy atom. The number of hydrogen-bond acceptors (Lipinski definition) is 4. The zero-order valence-corrected chi connectivity index (χ0v) is 13.5. The molecule has 0 spiro atoms. The number of benzene rings is 1. The van der Waals surface area contributed by atoms with Crippen molar-refractivity contribution in [2.45, 2.75) is 32.9 Å². The fourth-order valence-corrected chi connectivity index (χ4v) is 2.02. The van der Waals surface area contributed by atoms with Crippen LogP contribution in [0.4, 0.5) is 0 Å². The normalized spacial score (nSPS) is 13.6. The van der Waals surface area contributed by atoms with E-state index in [1.807, 2.05) is 33.0 Å². The summed E-state index contributed by atoms with van der Waals surface area (Å²) in [5.74, 6) is 0.586. The number of ether oxygens (including phenoxy) is 2. The van der Waals surface area contributed by atoms with Gasteiger partial charge in [0.15, 0.2) is 6.61 Å². The van der Waals surface area contributed by atoms with Crippen molar-refractivity contribution in [3.8, 4) is 5.75 Å². The molecule has 2 N–H and O–H groups in total. The Balaban J connectivity index is 2.54. The summed E-state index contributed by atoms with van der Waals surface area (Å²) >= 11 is 0. The molecule has 1 aromatic carbocycles. The van der Waals surface area contributed by atoms with Gasteiger partial charge in [-0.05, 0) is 45.0 Å². The van der Waals surface area contributed by atoms with Crippen LogP contribution in [0.15, 0.2) is 18.2 Å². The molecule has 5 heteroatoms. The summed E-state index contributed by atoms with van der Waals surface area (Å²) in [7, 11) is 3.53. The Morgan fingerprint density at radius 1 is 1.33 bits per heavy atom. The van der Waals surface area contributed by atoms with Gasteiger partial charge in [-0.1, -0.05) is 12.1 Å². The highest BCUT2D eigenvalue weighted by Crippen LogP contribution is 2.22. The van der Waals surface area contributed by atoms with E-state index in [-0.39, 0.29) is 24.6 Å². The molecule has 2 atom stereocenters. The predicted molar refractivity (Wildman–Crippen MR) is 83.6 cm³/mol. The van der Waals surface area contributed by atoms with Crippen LogP contribution >= 0.6 is 0 Å². The largest absolute Gasteiger partial charge is 0.484 e. The van der Waals surface area contributed by atoms with E-state index in [9.17, 15) is 4.79 Å². The van der Waals surface area contributed by atoms with Crippen LogP contribution in [-0.4, -0.2) is 39.3 Å². The molecule has 1 rings (SSSR count). The Labute approximate surface area is 127 Å². The lowest BCUT2D eigenvalue weighted by molar-refractivity contribution is -0.124. The van der Waals surface area contributed by atoms with E-state index in [1.165, 1.54) is 5.56 Å². The summed E-state index contributed by atoms with van der Waals surface area (Å²) in [6.07, 6.45) is 0. The number of rotatable bonds is 8. The van der Waals surface area contributed by atoms with E-state index in [0.717, 1.165) is 11.3 Å². The SMILES string of the molecule is CNC(C)c1ccc(OCC(=O)NC(C)COC)c(C)c1. The zero-order chi connectivity index (χ0) is 15.8. The van der Waals surface area contributed by atoms with Gasteiger partial charge in [0.1, 0.15) is 5.75 Å². The molecule has 0 aromatic heterocycles. The number of carbonyl (C=O) groups excluding carboxylic acids is 1. The maximum absolute atomic E-state index is 11.7. The lowest BCUT2D eigenvalue weighted by Gasteiger charge is -2.16. The van der Waals surface area contributed by atoms with Gasteiger partial charge in [0.25, 0.3) is 5.91 Å². The van der Waals surface area contributed by atoms with Crippen molar-refractivity contribution in [3.05, 3.63) is 29.3 Å². The van der Waals surface area contributed by atoms with Crippen LogP contribution in [0.3, 0.4) is 0 Å². The maximum Gasteiger partial charge on any atom is 0.258 e. The number of nitrogens with one attached hydrogen (secondary N) is 2. The summed E-state index contributed by atoms with van der Waals surface area (Å²) in [6, 6.07) is 6.25. The van der Waals surface area contributed by atoms with Gasteiger partial charge in [0, 0.05) is 19.2 Å². The molecule has 0 saturated heterocycles. The van der Waals surface area contributed by atoms with Crippen LogP contribution in [0.5, 0.6) is 5.75 Å². The minimum absolute atomic E-state index is 0.00974. The first kappa shape index (κ1) is 17.5. The highest BCUT2D eigenvalue weighted by Gasteiger charge is 2.10. The Kier molecular flexibility index (Phi) is 7.19. The predicted octanol–water partition coefficient (Wildman–Crippen LogP) is 1.81. The van der Waals surface area contributed by atoms with Gasteiger partial charge < -0.3 is 20.1 Å². The Bertz CT molecular complexity index is 463. The van der Waals surface area contributed by atoms with E-state index >= 15 is 0 Å². The summed E-state index contributed by atoms with van der Waals surface area (Å²) < 4.78 is 10.5. The average molecular weight is 294 g/mol. The zero-order valence-electron chi connectivity index (χ0n) is 13.5. The number of hydrogen-bond donors (Lipinski definition) is 2. The maximum atomic E-state index is 11.7. The van der Waals surface area contributed by atoms with Crippen molar-refractivity contribution in [3.63, 3.8) is 0 Å². The lowest BCUT2D eigenvalue weighted by atomic mass is 10.1. The third-order valence-corrected chi connectivity index (χ3v) is 3.31. The molecule has 0 aliphatic carbocycles. The number of carbonyl (C=O) groups is 1. The molecule has 1 aromatic rings. The Hall–Kier alpha value is -1.59.